The number of nitrogens with one attached hydrogen (secondary N) is 2. The summed E-state index contributed by atoms with van der Waals surface area (Å²) in [6.45, 7) is 5.88. The zero-order chi connectivity index (χ0) is 24.7. The normalized spacial score (nSPS) is 18.4. The van der Waals surface area contributed by atoms with Gasteiger partial charge in [-0.2, -0.15) is 0 Å². The van der Waals surface area contributed by atoms with Gasteiger partial charge in [-0.1, -0.05) is 71.1 Å². The second-order valence-electron chi connectivity index (χ2n) is 10.3. The number of carbonyl (C=O) groups is 2. The molecule has 0 aliphatic heterocycles. The summed E-state index contributed by atoms with van der Waals surface area (Å²) >= 11 is 0. The first-order chi connectivity index (χ1) is 16.2. The van der Waals surface area contributed by atoms with Gasteiger partial charge in [0.25, 0.3) is 5.91 Å². The average molecular weight is 473 g/mol. The number of amides is 2. The molecule has 2 aromatic rings. The van der Waals surface area contributed by atoms with E-state index in [1.165, 1.54) is 19.3 Å². The molecule has 188 valence electrons. The molecule has 1 fully saturated rings. The van der Waals surface area contributed by atoms with Crippen molar-refractivity contribution in [2.45, 2.75) is 84.0 Å². The monoisotopic (exact) mass is 472 g/mol. The summed E-state index contributed by atoms with van der Waals surface area (Å²) in [7, 11) is 0. The van der Waals surface area contributed by atoms with Crippen LogP contribution < -0.4 is 10.6 Å². The topological polar surface area (TPSA) is 112 Å². The van der Waals surface area contributed by atoms with Gasteiger partial charge in [0, 0.05) is 11.9 Å². The molecular formula is C27H40N2O5. The lowest BCUT2D eigenvalue weighted by molar-refractivity contribution is -0.127. The lowest BCUT2D eigenvalue weighted by atomic mass is 9.82. The van der Waals surface area contributed by atoms with Crippen LogP contribution in [0.2, 0.25) is 0 Å². The quantitative estimate of drug-likeness (QED) is 0.395. The van der Waals surface area contributed by atoms with E-state index in [1.807, 2.05) is 32.0 Å². The largest absolute Gasteiger partial charge is 0.451 e. The standard InChI is InChI=1S/C27H40N2O5/c1-17(2)13-22(30)25(31)21(14-19-9-5-4-6-10-19)29-26(32)18(3)16-28-27(33)24-15-20-11-7-8-12-23(20)34-24/h7-8,11-12,15,17-19,21-22,25,30-31H,4-6,9-10,13-14,16H2,1-3H3,(H,28,33)(H,29,32)/t18-,21+,22+,25-/m1/s1. The van der Waals surface area contributed by atoms with Crippen molar-refractivity contribution >= 4 is 22.8 Å². The Kier molecular flexibility index (Phi) is 9.54. The van der Waals surface area contributed by atoms with E-state index in [4.69, 9.17) is 4.42 Å². The highest BCUT2D eigenvalue weighted by Crippen LogP contribution is 2.29. The van der Waals surface area contributed by atoms with Crippen molar-refractivity contribution < 1.29 is 24.2 Å². The number of carbonyl (C=O) groups excluding carboxylic acids is 2. The molecular weight excluding hydrogens is 432 g/mol. The van der Waals surface area contributed by atoms with Crippen molar-refractivity contribution in [2.24, 2.45) is 17.8 Å². The van der Waals surface area contributed by atoms with Crippen LogP contribution in [0.1, 0.15) is 76.3 Å². The van der Waals surface area contributed by atoms with Gasteiger partial charge < -0.3 is 25.3 Å². The molecule has 2 amide bonds. The van der Waals surface area contributed by atoms with E-state index >= 15 is 0 Å². The molecule has 1 saturated carbocycles. The highest BCUT2D eigenvalue weighted by atomic mass is 16.3. The Morgan fingerprint density at radius 2 is 1.79 bits per heavy atom. The van der Waals surface area contributed by atoms with Crippen molar-refractivity contribution in [1.29, 1.82) is 0 Å². The maximum Gasteiger partial charge on any atom is 0.287 e. The summed E-state index contributed by atoms with van der Waals surface area (Å²) in [5.41, 5.74) is 0.637. The first-order valence-electron chi connectivity index (χ1n) is 12.7. The van der Waals surface area contributed by atoms with E-state index < -0.39 is 24.2 Å². The zero-order valence-electron chi connectivity index (χ0n) is 20.6. The molecule has 4 N–H and O–H groups in total. The summed E-state index contributed by atoms with van der Waals surface area (Å²) in [4.78, 5) is 25.5. The SMILES string of the molecule is CC(C)C[C@H](O)[C@H](O)[C@H](CC1CCCCC1)NC(=O)[C@H](C)CNC(=O)c1cc2ccccc2o1. The third-order valence-corrected chi connectivity index (χ3v) is 6.82. The van der Waals surface area contributed by atoms with E-state index in [1.54, 1.807) is 19.1 Å². The van der Waals surface area contributed by atoms with Crippen LogP contribution in [0.15, 0.2) is 34.7 Å². The fraction of sp³-hybridized carbons (Fsp3) is 0.630. The second kappa shape index (κ2) is 12.4. The molecule has 0 radical (unpaired) electrons. The molecule has 1 aromatic heterocycles. The third-order valence-electron chi connectivity index (χ3n) is 6.82. The molecule has 0 unspecified atom stereocenters. The minimum atomic E-state index is -1.02. The van der Waals surface area contributed by atoms with Crippen molar-refractivity contribution in [3.8, 4) is 0 Å². The first-order valence-corrected chi connectivity index (χ1v) is 12.7. The fourth-order valence-electron chi connectivity index (χ4n) is 4.80. The molecule has 1 aliphatic carbocycles. The Hall–Kier alpha value is -2.38. The first kappa shape index (κ1) is 26.2. The van der Waals surface area contributed by atoms with Gasteiger partial charge in [0.1, 0.15) is 11.7 Å². The van der Waals surface area contributed by atoms with Crippen molar-refractivity contribution in [3.63, 3.8) is 0 Å². The summed E-state index contributed by atoms with van der Waals surface area (Å²) in [6.07, 6.45) is 4.95. The number of para-hydroxylation sites is 1. The van der Waals surface area contributed by atoms with Crippen molar-refractivity contribution in [3.05, 3.63) is 36.1 Å². The average Bonchev–Trinajstić information content (AvgIpc) is 3.26. The Morgan fingerprint density at radius 1 is 1.09 bits per heavy atom. The number of aliphatic hydroxyl groups excluding tert-OH is 2. The van der Waals surface area contributed by atoms with E-state index in [0.29, 0.717) is 24.3 Å². The van der Waals surface area contributed by atoms with Gasteiger partial charge >= 0.3 is 0 Å². The number of aliphatic hydroxyl groups is 2. The highest BCUT2D eigenvalue weighted by molar-refractivity contribution is 5.96. The Balaban J connectivity index is 1.57. The summed E-state index contributed by atoms with van der Waals surface area (Å²) < 4.78 is 5.59. The molecule has 7 heteroatoms. The van der Waals surface area contributed by atoms with Gasteiger partial charge in [-0.25, -0.2) is 0 Å². The summed E-state index contributed by atoms with van der Waals surface area (Å²) in [5, 5.41) is 28.0. The number of hydrogen-bond donors (Lipinski definition) is 4. The maximum atomic E-state index is 13.0. The Labute approximate surface area is 202 Å². The number of benzene rings is 1. The van der Waals surface area contributed by atoms with Crippen LogP contribution in [-0.2, 0) is 4.79 Å². The smallest absolute Gasteiger partial charge is 0.287 e. The lowest BCUT2D eigenvalue weighted by Gasteiger charge is -2.33. The van der Waals surface area contributed by atoms with Gasteiger partial charge in [0.15, 0.2) is 5.76 Å². The van der Waals surface area contributed by atoms with E-state index in [9.17, 15) is 19.8 Å². The molecule has 0 bridgehead atoms. The fourth-order valence-corrected chi connectivity index (χ4v) is 4.80. The maximum absolute atomic E-state index is 13.0. The predicted octanol–water partition coefficient (Wildman–Crippen LogP) is 4.02. The molecule has 3 rings (SSSR count). The minimum absolute atomic E-state index is 0.141. The van der Waals surface area contributed by atoms with Crippen LogP contribution >= 0.6 is 0 Å². The predicted molar refractivity (Wildman–Crippen MR) is 132 cm³/mol. The second-order valence-corrected chi connectivity index (χ2v) is 10.3. The molecule has 0 saturated heterocycles. The van der Waals surface area contributed by atoms with Crippen LogP contribution in [0, 0.1) is 17.8 Å². The third kappa shape index (κ3) is 7.31. The van der Waals surface area contributed by atoms with Crippen molar-refractivity contribution in [1.82, 2.24) is 10.6 Å². The summed E-state index contributed by atoms with van der Waals surface area (Å²) in [5.74, 6) is -0.248. The minimum Gasteiger partial charge on any atom is -0.451 e. The van der Waals surface area contributed by atoms with Crippen LogP contribution in [-0.4, -0.2) is 46.8 Å². The van der Waals surface area contributed by atoms with Gasteiger partial charge in [0.2, 0.25) is 5.91 Å². The van der Waals surface area contributed by atoms with E-state index in [0.717, 1.165) is 18.2 Å². The lowest BCUT2D eigenvalue weighted by Crippen LogP contribution is -2.52. The number of rotatable bonds is 11. The molecule has 1 aliphatic rings. The summed E-state index contributed by atoms with van der Waals surface area (Å²) in [6, 6.07) is 8.56. The number of fused-ring (bicyclic) bond motifs is 1. The van der Waals surface area contributed by atoms with Gasteiger partial charge in [-0.3, -0.25) is 9.59 Å². The van der Waals surface area contributed by atoms with Gasteiger partial charge in [-0.15, -0.1) is 0 Å². The zero-order valence-corrected chi connectivity index (χ0v) is 20.6. The molecule has 1 aromatic carbocycles. The number of hydrogen-bond acceptors (Lipinski definition) is 5. The Bertz CT molecular complexity index is 901. The van der Waals surface area contributed by atoms with E-state index in [2.05, 4.69) is 10.6 Å². The highest BCUT2D eigenvalue weighted by Gasteiger charge is 2.32. The number of furan rings is 1. The van der Waals surface area contributed by atoms with Crippen LogP contribution in [0.3, 0.4) is 0 Å². The molecule has 1 heterocycles. The van der Waals surface area contributed by atoms with Crippen LogP contribution in [0.25, 0.3) is 11.0 Å². The Morgan fingerprint density at radius 3 is 2.47 bits per heavy atom. The van der Waals surface area contributed by atoms with E-state index in [-0.39, 0.29) is 30.0 Å². The molecule has 4 atom stereocenters. The molecule has 0 spiro atoms. The molecule has 7 nitrogen and oxygen atoms in total. The van der Waals surface area contributed by atoms with Crippen molar-refractivity contribution in [2.75, 3.05) is 6.54 Å². The van der Waals surface area contributed by atoms with Crippen LogP contribution in [0.5, 0.6) is 0 Å². The van der Waals surface area contributed by atoms with Gasteiger partial charge in [0.05, 0.1) is 18.1 Å². The molecule has 34 heavy (non-hydrogen) atoms. The van der Waals surface area contributed by atoms with Crippen LogP contribution in [0.4, 0.5) is 0 Å². The van der Waals surface area contributed by atoms with Gasteiger partial charge in [-0.05, 0) is 36.8 Å².